The van der Waals surface area contributed by atoms with Gasteiger partial charge in [-0.25, -0.2) is 4.79 Å². The summed E-state index contributed by atoms with van der Waals surface area (Å²) in [4.78, 5) is 25.4. The highest BCUT2D eigenvalue weighted by Crippen LogP contribution is 2.67. The topological polar surface area (TPSA) is 72.8 Å². The zero-order valence-electron chi connectivity index (χ0n) is 20.1. The van der Waals surface area contributed by atoms with Crippen molar-refractivity contribution in [1.29, 1.82) is 0 Å². The van der Waals surface area contributed by atoms with E-state index in [4.69, 9.17) is 9.47 Å². The highest BCUT2D eigenvalue weighted by molar-refractivity contribution is 8.01. The SMILES string of the molecule is COC(=O)CSc1sc(C(=O)OC)c2c1C[C@H]1[C@@H]3CC[C@H]4C[C@@H](O)CC[C@]4(C)[C@H]3CC[C@]21C. The quantitative estimate of drug-likeness (QED) is 0.459. The largest absolute Gasteiger partial charge is 0.468 e. The van der Waals surface area contributed by atoms with Gasteiger partial charge < -0.3 is 14.6 Å². The smallest absolute Gasteiger partial charge is 0.348 e. The molecule has 7 atom stereocenters. The number of thioether (sulfide) groups is 1. The number of aliphatic hydroxyl groups is 1. The highest BCUT2D eigenvalue weighted by atomic mass is 32.2. The second-order valence-corrected chi connectivity index (χ2v) is 13.4. The zero-order valence-corrected chi connectivity index (χ0v) is 21.8. The lowest BCUT2D eigenvalue weighted by Gasteiger charge is -2.60. The van der Waals surface area contributed by atoms with Gasteiger partial charge in [-0.3, -0.25) is 4.79 Å². The standard InChI is InChI=1S/C26H36O5S2/c1-25-9-7-15(27)11-14(25)5-6-16-18(25)8-10-26(2)19(16)12-17-21(26)22(23(29)31-4)33-24(17)32-13-20(28)30-3/h14-16,18-19,27H,5-13H2,1-4H3/t14-,15-,16+,18-,19-,25-,26-/m0/s1. The van der Waals surface area contributed by atoms with E-state index in [1.165, 1.54) is 67.7 Å². The average Bonchev–Trinajstić information content (AvgIpc) is 3.32. The molecule has 5 rings (SSSR count). The fourth-order valence-corrected chi connectivity index (χ4v) is 10.7. The number of esters is 2. The van der Waals surface area contributed by atoms with Crippen molar-refractivity contribution < 1.29 is 24.2 Å². The Labute approximate surface area is 205 Å². The molecule has 1 aromatic heterocycles. The molecule has 1 heterocycles. The summed E-state index contributed by atoms with van der Waals surface area (Å²) in [5.41, 5.74) is 2.81. The molecule has 0 saturated heterocycles. The van der Waals surface area contributed by atoms with Crippen molar-refractivity contribution in [1.82, 2.24) is 0 Å². The van der Waals surface area contributed by atoms with E-state index in [1.807, 2.05) is 0 Å². The molecule has 3 saturated carbocycles. The number of carbonyl (C=O) groups excluding carboxylic acids is 2. The first-order valence-corrected chi connectivity index (χ1v) is 14.1. The molecule has 0 unspecified atom stereocenters. The van der Waals surface area contributed by atoms with Crippen molar-refractivity contribution in [2.45, 2.75) is 80.9 Å². The number of hydrogen-bond acceptors (Lipinski definition) is 7. The summed E-state index contributed by atoms with van der Waals surface area (Å²) in [6.07, 6.45) is 8.64. The number of fused-ring (bicyclic) bond motifs is 7. The van der Waals surface area contributed by atoms with Crippen LogP contribution in [0.5, 0.6) is 0 Å². The third-order valence-electron chi connectivity index (χ3n) is 9.91. The molecule has 1 aromatic rings. The molecular weight excluding hydrogens is 456 g/mol. The number of hydrogen-bond donors (Lipinski definition) is 1. The molecule has 3 fully saturated rings. The average molecular weight is 493 g/mol. The Morgan fingerprint density at radius 2 is 1.88 bits per heavy atom. The molecule has 5 nitrogen and oxygen atoms in total. The van der Waals surface area contributed by atoms with Crippen LogP contribution in [0.4, 0.5) is 0 Å². The first kappa shape index (κ1) is 23.7. The zero-order chi connectivity index (χ0) is 23.5. The number of ether oxygens (including phenoxy) is 2. The number of rotatable bonds is 4. The maximum absolute atomic E-state index is 12.8. The Kier molecular flexibility index (Phi) is 6.14. The minimum atomic E-state index is -0.248. The summed E-state index contributed by atoms with van der Waals surface area (Å²) in [5.74, 6) is 2.29. The summed E-state index contributed by atoms with van der Waals surface area (Å²) in [5, 5.41) is 10.3. The first-order chi connectivity index (χ1) is 15.7. The van der Waals surface area contributed by atoms with Gasteiger partial charge in [0.2, 0.25) is 0 Å². The van der Waals surface area contributed by atoms with E-state index in [-0.39, 0.29) is 29.2 Å². The molecule has 0 amide bonds. The van der Waals surface area contributed by atoms with Crippen molar-refractivity contribution in [2.75, 3.05) is 20.0 Å². The second kappa shape index (κ2) is 8.56. The van der Waals surface area contributed by atoms with E-state index in [1.54, 1.807) is 0 Å². The number of carbonyl (C=O) groups is 2. The summed E-state index contributed by atoms with van der Waals surface area (Å²) in [6.45, 7) is 4.89. The van der Waals surface area contributed by atoms with E-state index in [9.17, 15) is 14.7 Å². The molecule has 0 aliphatic heterocycles. The lowest BCUT2D eigenvalue weighted by molar-refractivity contribution is -0.137. The van der Waals surface area contributed by atoms with Gasteiger partial charge in [0.05, 0.1) is 30.3 Å². The van der Waals surface area contributed by atoms with Crippen molar-refractivity contribution in [2.24, 2.45) is 29.1 Å². The van der Waals surface area contributed by atoms with Gasteiger partial charge in [0.15, 0.2) is 0 Å². The monoisotopic (exact) mass is 492 g/mol. The Morgan fingerprint density at radius 1 is 1.09 bits per heavy atom. The van der Waals surface area contributed by atoms with Crippen LogP contribution in [0, 0.1) is 29.1 Å². The molecule has 182 valence electrons. The van der Waals surface area contributed by atoms with Gasteiger partial charge in [-0.2, -0.15) is 0 Å². The third kappa shape index (κ3) is 3.59. The molecule has 4 aliphatic carbocycles. The van der Waals surface area contributed by atoms with Crippen LogP contribution >= 0.6 is 23.1 Å². The van der Waals surface area contributed by atoms with Crippen LogP contribution in [0.25, 0.3) is 0 Å². The molecular formula is C26H36O5S2. The molecule has 0 aromatic carbocycles. The van der Waals surface area contributed by atoms with E-state index >= 15 is 0 Å². The van der Waals surface area contributed by atoms with Crippen LogP contribution in [0.1, 0.15) is 79.6 Å². The Hall–Kier alpha value is -1.05. The van der Waals surface area contributed by atoms with Gasteiger partial charge in [-0.05, 0) is 97.0 Å². The van der Waals surface area contributed by atoms with Crippen LogP contribution in [0.15, 0.2) is 4.21 Å². The van der Waals surface area contributed by atoms with Gasteiger partial charge in [0.25, 0.3) is 0 Å². The van der Waals surface area contributed by atoms with E-state index in [0.717, 1.165) is 41.2 Å². The van der Waals surface area contributed by atoms with Crippen molar-refractivity contribution in [3.63, 3.8) is 0 Å². The molecule has 0 spiro atoms. The van der Waals surface area contributed by atoms with E-state index in [0.29, 0.717) is 29.1 Å². The fraction of sp³-hybridized carbons (Fsp3) is 0.769. The third-order valence-corrected chi connectivity index (χ3v) is 12.4. The Bertz CT molecular complexity index is 957. The molecule has 7 heteroatoms. The fourth-order valence-electron chi connectivity index (χ4n) is 8.23. The maximum atomic E-state index is 12.8. The van der Waals surface area contributed by atoms with Crippen LogP contribution in [-0.4, -0.2) is 43.1 Å². The number of methoxy groups -OCH3 is 2. The minimum absolute atomic E-state index is 0.0159. The summed E-state index contributed by atoms with van der Waals surface area (Å²) in [6, 6.07) is 0. The van der Waals surface area contributed by atoms with Crippen LogP contribution in [0.3, 0.4) is 0 Å². The number of aliphatic hydroxyl groups excluding tert-OH is 1. The Morgan fingerprint density at radius 3 is 2.61 bits per heavy atom. The Balaban J connectivity index is 1.49. The molecule has 33 heavy (non-hydrogen) atoms. The van der Waals surface area contributed by atoms with Crippen LogP contribution < -0.4 is 0 Å². The lowest BCUT2D eigenvalue weighted by Crippen LogP contribution is -2.54. The molecule has 0 bridgehead atoms. The highest BCUT2D eigenvalue weighted by Gasteiger charge is 2.60. The second-order valence-electron chi connectivity index (χ2n) is 11.2. The summed E-state index contributed by atoms with van der Waals surface area (Å²) in [7, 11) is 2.87. The van der Waals surface area contributed by atoms with Gasteiger partial charge in [0, 0.05) is 0 Å². The van der Waals surface area contributed by atoms with E-state index < -0.39 is 0 Å². The number of thiophene rings is 1. The molecule has 1 N–H and O–H groups in total. The van der Waals surface area contributed by atoms with Gasteiger partial charge >= 0.3 is 11.9 Å². The van der Waals surface area contributed by atoms with Crippen LogP contribution in [0.2, 0.25) is 0 Å². The van der Waals surface area contributed by atoms with Crippen molar-refractivity contribution >= 4 is 35.0 Å². The minimum Gasteiger partial charge on any atom is -0.468 e. The van der Waals surface area contributed by atoms with Gasteiger partial charge in [-0.1, -0.05) is 13.8 Å². The lowest BCUT2D eigenvalue weighted by atomic mass is 9.45. The maximum Gasteiger partial charge on any atom is 0.348 e. The van der Waals surface area contributed by atoms with Crippen molar-refractivity contribution in [3.8, 4) is 0 Å². The first-order valence-electron chi connectivity index (χ1n) is 12.3. The summed E-state index contributed by atoms with van der Waals surface area (Å²) >= 11 is 3.01. The van der Waals surface area contributed by atoms with Gasteiger partial charge in [-0.15, -0.1) is 23.1 Å². The van der Waals surface area contributed by atoms with Crippen LogP contribution in [-0.2, 0) is 26.1 Å². The normalized spacial score (nSPS) is 39.1. The van der Waals surface area contributed by atoms with E-state index in [2.05, 4.69) is 13.8 Å². The van der Waals surface area contributed by atoms with Crippen molar-refractivity contribution in [3.05, 3.63) is 16.0 Å². The predicted octanol–water partition coefficient (Wildman–Crippen LogP) is 5.22. The molecule has 0 radical (unpaired) electrons. The van der Waals surface area contributed by atoms with Gasteiger partial charge in [0.1, 0.15) is 4.88 Å². The predicted molar refractivity (Wildman–Crippen MR) is 130 cm³/mol. The summed E-state index contributed by atoms with van der Waals surface area (Å²) < 4.78 is 11.1. The molecule has 4 aliphatic rings.